The van der Waals surface area contributed by atoms with Crippen LogP contribution in [0.4, 0.5) is 5.82 Å². The molecule has 120 valence electrons. The van der Waals surface area contributed by atoms with Crippen molar-refractivity contribution in [1.82, 2.24) is 14.6 Å². The third-order valence-electron chi connectivity index (χ3n) is 4.08. The molecule has 0 spiro atoms. The molecule has 7 N–H and O–H groups in total. The number of hydrogen-bond donors (Lipinski definition) is 5. The average Bonchev–Trinajstić information content (AvgIpc) is 3.01. The van der Waals surface area contributed by atoms with E-state index in [9.17, 15) is 15.3 Å². The number of aliphatic hydroxyl groups excluding tert-OH is 2. The van der Waals surface area contributed by atoms with Crippen LogP contribution in [0.25, 0.3) is 5.52 Å². The third kappa shape index (κ3) is 1.70. The molecule has 3 heterocycles. The Morgan fingerprint density at radius 3 is 2.82 bits per heavy atom. The molecule has 10 nitrogen and oxygen atoms in total. The number of anilines is 1. The number of rotatable bonds is 3. The second-order valence-electron chi connectivity index (χ2n) is 5.33. The Balaban J connectivity index is 2.24. The van der Waals surface area contributed by atoms with Gasteiger partial charge >= 0.3 is 0 Å². The van der Waals surface area contributed by atoms with E-state index in [-0.39, 0.29) is 11.5 Å². The fourth-order valence-corrected chi connectivity index (χ4v) is 2.82. The lowest BCUT2D eigenvalue weighted by molar-refractivity contribution is -0.305. The molecule has 1 unspecified atom stereocenters. The van der Waals surface area contributed by atoms with Gasteiger partial charge in [-0.1, -0.05) is 0 Å². The molecule has 4 atom stereocenters. The van der Waals surface area contributed by atoms with Crippen molar-refractivity contribution in [1.29, 1.82) is 0 Å². The van der Waals surface area contributed by atoms with E-state index in [1.54, 1.807) is 6.07 Å². The van der Waals surface area contributed by atoms with E-state index in [0.717, 1.165) is 0 Å². The van der Waals surface area contributed by atoms with E-state index in [2.05, 4.69) is 10.1 Å². The molecule has 0 aliphatic carbocycles. The van der Waals surface area contributed by atoms with Crippen molar-refractivity contribution in [3.05, 3.63) is 24.2 Å². The first-order valence-electron chi connectivity index (χ1n) is 6.54. The average molecular weight is 311 g/mol. The number of nitrogens with zero attached hydrogens (tertiary/aromatic N) is 3. The van der Waals surface area contributed by atoms with Gasteiger partial charge in [0, 0.05) is 0 Å². The Morgan fingerprint density at radius 2 is 2.23 bits per heavy atom. The Morgan fingerprint density at radius 1 is 1.50 bits per heavy atom. The van der Waals surface area contributed by atoms with Crippen molar-refractivity contribution in [2.75, 3.05) is 12.3 Å². The van der Waals surface area contributed by atoms with Crippen LogP contribution >= 0.6 is 0 Å². The zero-order valence-corrected chi connectivity index (χ0v) is 11.7. The first-order valence-corrected chi connectivity index (χ1v) is 6.54. The van der Waals surface area contributed by atoms with Crippen molar-refractivity contribution in [2.45, 2.75) is 30.5 Å². The maximum Gasteiger partial charge on any atom is 0.262 e. The lowest BCUT2D eigenvalue weighted by Gasteiger charge is -2.36. The topological polar surface area (TPSA) is 161 Å². The number of nitrogens with two attached hydrogens (primary N) is 2. The fourth-order valence-electron chi connectivity index (χ4n) is 2.82. The number of fused-ring (bicyclic) bond motifs is 1. The highest BCUT2D eigenvalue weighted by Crippen LogP contribution is 2.47. The van der Waals surface area contributed by atoms with Gasteiger partial charge in [0.15, 0.2) is 11.4 Å². The molecular formula is C12H17N5O5. The summed E-state index contributed by atoms with van der Waals surface area (Å²) in [6.45, 7) is 0.771. The second-order valence-corrected chi connectivity index (χ2v) is 5.33. The van der Waals surface area contributed by atoms with E-state index >= 15 is 0 Å². The lowest BCUT2D eigenvalue weighted by Crippen LogP contribution is -2.55. The summed E-state index contributed by atoms with van der Waals surface area (Å²) in [6.07, 6.45) is -1.28. The van der Waals surface area contributed by atoms with E-state index in [1.165, 1.54) is 23.8 Å². The smallest absolute Gasteiger partial charge is 0.262 e. The predicted molar refractivity (Wildman–Crippen MR) is 72.9 cm³/mol. The van der Waals surface area contributed by atoms with Gasteiger partial charge in [-0.2, -0.15) is 5.10 Å². The van der Waals surface area contributed by atoms with Crippen LogP contribution in [0, 0.1) is 0 Å². The molecule has 1 saturated heterocycles. The van der Waals surface area contributed by atoms with Crippen LogP contribution in [0.3, 0.4) is 0 Å². The summed E-state index contributed by atoms with van der Waals surface area (Å²) in [7, 11) is 0. The number of aromatic nitrogens is 3. The summed E-state index contributed by atoms with van der Waals surface area (Å²) in [5.41, 5.74) is 4.48. The highest BCUT2D eigenvalue weighted by Gasteiger charge is 2.66. The summed E-state index contributed by atoms with van der Waals surface area (Å²) in [5, 5.41) is 34.2. The summed E-state index contributed by atoms with van der Waals surface area (Å²) in [4.78, 5) is 8.80. The van der Waals surface area contributed by atoms with Crippen LogP contribution in [-0.2, 0) is 15.4 Å². The van der Waals surface area contributed by atoms with Gasteiger partial charge in [0.25, 0.3) is 5.79 Å². The zero-order valence-electron chi connectivity index (χ0n) is 11.7. The Kier molecular flexibility index (Phi) is 3.32. The number of ether oxygens (including phenoxy) is 1. The van der Waals surface area contributed by atoms with Gasteiger partial charge in [-0.25, -0.2) is 15.4 Å². The number of nitrogen functional groups attached to an aromatic ring is 1. The van der Waals surface area contributed by atoms with E-state index in [4.69, 9.17) is 21.2 Å². The lowest BCUT2D eigenvalue weighted by atomic mass is 9.88. The van der Waals surface area contributed by atoms with Crippen molar-refractivity contribution < 1.29 is 24.9 Å². The molecule has 1 fully saturated rings. The number of hydrogen-bond acceptors (Lipinski definition) is 9. The molecule has 22 heavy (non-hydrogen) atoms. The van der Waals surface area contributed by atoms with Gasteiger partial charge in [-0.3, -0.25) is 4.84 Å². The largest absolute Gasteiger partial charge is 0.394 e. The molecule has 0 amide bonds. The minimum Gasteiger partial charge on any atom is -0.394 e. The zero-order chi connectivity index (χ0) is 16.1. The standard InChI is InChI=1S/C12H17N5O5/c1-11(20)9(19)7(4-18)21-12(11,22-14)8-3-2-6-10(13)15-5-16-17(6)8/h2-3,5,7,9,18-20H,4,14H2,1H3,(H2,13,15,16)/t7-,9-,11-,12?/m1/s1. The quantitative estimate of drug-likeness (QED) is 0.398. The highest BCUT2D eigenvalue weighted by molar-refractivity contribution is 5.65. The van der Waals surface area contributed by atoms with E-state index in [0.29, 0.717) is 5.52 Å². The Bertz CT molecular complexity index is 704. The molecule has 1 aliphatic heterocycles. The molecule has 1 aliphatic rings. The first kappa shape index (κ1) is 15.1. The van der Waals surface area contributed by atoms with Gasteiger partial charge in [0.05, 0.1) is 6.61 Å². The Labute approximate surface area is 124 Å². The summed E-state index contributed by atoms with van der Waals surface area (Å²) < 4.78 is 6.89. The fraction of sp³-hybridized carbons (Fsp3) is 0.500. The normalized spacial score (nSPS) is 35.3. The SMILES string of the molecule is C[C@@]1(O)[C@H](O)[C@@H](CO)OC1(ON)c1ccc2c(N)ncnn12. The maximum absolute atomic E-state index is 10.7. The van der Waals surface area contributed by atoms with Crippen LogP contribution < -0.4 is 11.6 Å². The Hall–Kier alpha value is -1.82. The van der Waals surface area contributed by atoms with E-state index < -0.39 is 30.2 Å². The van der Waals surface area contributed by atoms with Crippen LogP contribution in [0.15, 0.2) is 18.5 Å². The van der Waals surface area contributed by atoms with Crippen LogP contribution in [0.2, 0.25) is 0 Å². The molecule has 10 heteroatoms. The van der Waals surface area contributed by atoms with Crippen molar-refractivity contribution in [3.8, 4) is 0 Å². The van der Waals surface area contributed by atoms with Crippen LogP contribution in [0.5, 0.6) is 0 Å². The predicted octanol–water partition coefficient (Wildman–Crippen LogP) is -2.14. The van der Waals surface area contributed by atoms with Crippen molar-refractivity contribution >= 4 is 11.3 Å². The van der Waals surface area contributed by atoms with Gasteiger partial charge < -0.3 is 25.8 Å². The summed E-state index contributed by atoms with van der Waals surface area (Å²) >= 11 is 0. The van der Waals surface area contributed by atoms with Crippen molar-refractivity contribution in [3.63, 3.8) is 0 Å². The molecule has 0 radical (unpaired) electrons. The summed E-state index contributed by atoms with van der Waals surface area (Å²) in [6, 6.07) is 3.14. The second kappa shape index (κ2) is 4.84. The van der Waals surface area contributed by atoms with Gasteiger partial charge in [0.2, 0.25) is 0 Å². The monoisotopic (exact) mass is 311 g/mol. The first-order chi connectivity index (χ1) is 10.4. The van der Waals surface area contributed by atoms with Gasteiger partial charge in [-0.05, 0) is 19.1 Å². The van der Waals surface area contributed by atoms with Crippen LogP contribution in [-0.4, -0.2) is 54.3 Å². The molecule has 0 bridgehead atoms. The third-order valence-corrected chi connectivity index (χ3v) is 4.08. The molecule has 2 aromatic heterocycles. The van der Waals surface area contributed by atoms with Crippen LogP contribution in [0.1, 0.15) is 12.6 Å². The van der Waals surface area contributed by atoms with Gasteiger partial charge in [-0.15, -0.1) is 0 Å². The molecule has 0 aromatic carbocycles. The highest BCUT2D eigenvalue weighted by atomic mass is 16.8. The van der Waals surface area contributed by atoms with E-state index in [1.807, 2.05) is 0 Å². The number of aliphatic hydroxyl groups is 3. The minimum atomic E-state index is -1.94. The maximum atomic E-state index is 10.7. The minimum absolute atomic E-state index is 0.208. The molecule has 0 saturated carbocycles. The molecule has 3 rings (SSSR count). The van der Waals surface area contributed by atoms with Gasteiger partial charge in [0.1, 0.15) is 29.7 Å². The summed E-state index contributed by atoms with van der Waals surface area (Å²) in [5.74, 6) is 3.65. The van der Waals surface area contributed by atoms with Crippen molar-refractivity contribution in [2.24, 2.45) is 5.90 Å². The molecule has 2 aromatic rings. The molecular weight excluding hydrogens is 294 g/mol.